The molecule has 0 bridgehead atoms. The SMILES string of the molecule is CC(C)(C)N1CCN(C(C)(C)C)B1c1cc(B2N(C(C)(C)C)CCN2C(C)(C)C)cc(B2N(C(C)(C)C)CCN2C(C)(C)C)c1. The van der Waals surface area contributed by atoms with Crippen molar-refractivity contribution in [2.75, 3.05) is 39.3 Å². The lowest BCUT2D eigenvalue weighted by atomic mass is 9.52. The van der Waals surface area contributed by atoms with Gasteiger partial charge in [-0.15, -0.1) is 0 Å². The Morgan fingerprint density at radius 1 is 0.311 bits per heavy atom. The Hall–Kier alpha value is -0.825. The van der Waals surface area contributed by atoms with Crippen LogP contribution in [0.3, 0.4) is 0 Å². The highest BCUT2D eigenvalue weighted by Crippen LogP contribution is 2.31. The second kappa shape index (κ2) is 11.9. The molecule has 0 atom stereocenters. The number of nitrogens with zero attached hydrogens (tertiary/aromatic N) is 6. The highest BCUT2D eigenvalue weighted by atomic mass is 15.4. The Morgan fingerprint density at radius 2 is 0.444 bits per heavy atom. The van der Waals surface area contributed by atoms with Crippen molar-refractivity contribution < 1.29 is 0 Å². The van der Waals surface area contributed by atoms with Gasteiger partial charge in [-0.3, -0.25) is 0 Å². The van der Waals surface area contributed by atoms with E-state index < -0.39 is 0 Å². The van der Waals surface area contributed by atoms with E-state index in [2.05, 4.69) is 172 Å². The van der Waals surface area contributed by atoms with Gasteiger partial charge in [0.25, 0.3) is 0 Å². The standard InChI is InChI=1S/C36H69B3N6/c1-31(2,3)40-19-20-41(32(4,5)6)37(40)28-25-29(38-42(33(7,8)9)21-22-43(38)34(10,11)12)27-30(26-28)39-44(35(13,14)15)23-24-45(39)36(16,17)18/h25-27H,19-24H2,1-18H3. The average Bonchev–Trinajstić information content (AvgIpc) is 3.58. The van der Waals surface area contributed by atoms with Crippen LogP contribution in [0.15, 0.2) is 18.2 Å². The average molecular weight is 618 g/mol. The molecule has 0 unspecified atom stereocenters. The van der Waals surface area contributed by atoms with Crippen LogP contribution < -0.4 is 16.4 Å². The molecule has 1 aromatic rings. The number of hydrogen-bond acceptors (Lipinski definition) is 6. The molecule has 6 nitrogen and oxygen atoms in total. The summed E-state index contributed by atoms with van der Waals surface area (Å²) in [6, 6.07) is 7.84. The predicted molar refractivity (Wildman–Crippen MR) is 201 cm³/mol. The summed E-state index contributed by atoms with van der Waals surface area (Å²) < 4.78 is 0. The lowest BCUT2D eigenvalue weighted by molar-refractivity contribution is 0.271. The van der Waals surface area contributed by atoms with Gasteiger partial charge in [0.2, 0.25) is 0 Å². The summed E-state index contributed by atoms with van der Waals surface area (Å²) in [6.07, 6.45) is 0. The minimum absolute atomic E-state index is 0.0608. The van der Waals surface area contributed by atoms with Gasteiger partial charge >= 0.3 is 20.9 Å². The highest BCUT2D eigenvalue weighted by molar-refractivity contribution is 6.76. The molecule has 1 aromatic carbocycles. The molecule has 3 heterocycles. The van der Waals surface area contributed by atoms with Gasteiger partial charge in [-0.25, -0.2) is 0 Å². The van der Waals surface area contributed by atoms with Gasteiger partial charge in [-0.2, -0.15) is 0 Å². The van der Waals surface area contributed by atoms with Crippen LogP contribution >= 0.6 is 0 Å². The van der Waals surface area contributed by atoms with Gasteiger partial charge < -0.3 is 28.9 Å². The fraction of sp³-hybridized carbons (Fsp3) is 0.833. The van der Waals surface area contributed by atoms with E-state index in [-0.39, 0.29) is 54.2 Å². The third-order valence-electron chi connectivity index (χ3n) is 10.6. The molecule has 0 saturated carbocycles. The summed E-state index contributed by atoms with van der Waals surface area (Å²) in [5, 5.41) is 0. The Morgan fingerprint density at radius 3 is 0.556 bits per heavy atom. The number of rotatable bonds is 3. The fourth-order valence-corrected chi connectivity index (χ4v) is 8.33. The van der Waals surface area contributed by atoms with Crippen LogP contribution in [0.1, 0.15) is 125 Å². The van der Waals surface area contributed by atoms with Crippen molar-refractivity contribution in [3.05, 3.63) is 18.2 Å². The first-order valence-electron chi connectivity index (χ1n) is 17.9. The normalized spacial score (nSPS) is 22.1. The third kappa shape index (κ3) is 7.59. The van der Waals surface area contributed by atoms with E-state index in [9.17, 15) is 0 Å². The molecule has 0 amide bonds. The van der Waals surface area contributed by atoms with Gasteiger partial charge in [0.15, 0.2) is 0 Å². The van der Waals surface area contributed by atoms with Crippen molar-refractivity contribution in [3.8, 4) is 0 Å². The van der Waals surface area contributed by atoms with E-state index in [1.807, 2.05) is 0 Å². The molecule has 45 heavy (non-hydrogen) atoms. The second-order valence-electron chi connectivity index (χ2n) is 20.2. The fourth-order valence-electron chi connectivity index (χ4n) is 8.33. The molecular formula is C36H69B3N6. The third-order valence-corrected chi connectivity index (χ3v) is 10.6. The molecule has 252 valence electrons. The number of benzene rings is 1. The molecule has 3 aliphatic heterocycles. The van der Waals surface area contributed by atoms with Crippen LogP contribution in [0.25, 0.3) is 0 Å². The lowest BCUT2D eigenvalue weighted by Gasteiger charge is -2.44. The van der Waals surface area contributed by atoms with Crippen molar-refractivity contribution in [1.82, 2.24) is 28.9 Å². The summed E-state index contributed by atoms with van der Waals surface area (Å²) in [7, 11) is 0. The molecule has 0 spiro atoms. The summed E-state index contributed by atoms with van der Waals surface area (Å²) >= 11 is 0. The maximum Gasteiger partial charge on any atom is 0.347 e. The van der Waals surface area contributed by atoms with Crippen molar-refractivity contribution in [3.63, 3.8) is 0 Å². The minimum atomic E-state index is 0.0608. The van der Waals surface area contributed by atoms with Crippen molar-refractivity contribution in [2.45, 2.75) is 158 Å². The quantitative estimate of drug-likeness (QED) is 0.465. The first-order chi connectivity index (χ1) is 20.1. The first kappa shape index (κ1) is 37.0. The van der Waals surface area contributed by atoms with Crippen molar-refractivity contribution in [2.24, 2.45) is 0 Å². The maximum atomic E-state index is 2.76. The van der Waals surface area contributed by atoms with E-state index in [1.165, 1.54) is 16.4 Å². The van der Waals surface area contributed by atoms with Crippen LogP contribution in [0, 0.1) is 0 Å². The zero-order valence-corrected chi connectivity index (χ0v) is 32.9. The smallest absolute Gasteiger partial charge is 0.318 e. The monoisotopic (exact) mass is 619 g/mol. The van der Waals surface area contributed by atoms with Gasteiger partial charge in [-0.1, -0.05) is 18.2 Å². The molecular weight excluding hydrogens is 549 g/mol. The maximum absolute atomic E-state index is 2.76. The summed E-state index contributed by atoms with van der Waals surface area (Å²) in [5.74, 6) is 0. The summed E-state index contributed by atoms with van der Waals surface area (Å²) in [6.45, 7) is 50.4. The zero-order valence-electron chi connectivity index (χ0n) is 32.9. The Kier molecular flexibility index (Phi) is 9.82. The van der Waals surface area contributed by atoms with E-state index in [0.717, 1.165) is 39.3 Å². The lowest BCUT2D eigenvalue weighted by Crippen LogP contribution is -2.68. The van der Waals surface area contributed by atoms with Gasteiger partial charge in [0.05, 0.1) is 0 Å². The Bertz CT molecular complexity index is 968. The summed E-state index contributed by atoms with van der Waals surface area (Å²) in [4.78, 5) is 16.6. The van der Waals surface area contributed by atoms with Crippen LogP contribution in [0.2, 0.25) is 0 Å². The molecule has 0 N–H and O–H groups in total. The molecule has 0 aromatic heterocycles. The zero-order chi connectivity index (χ0) is 34.3. The largest absolute Gasteiger partial charge is 0.347 e. The Balaban J connectivity index is 2.05. The summed E-state index contributed by atoms with van der Waals surface area (Å²) in [5.41, 5.74) is 4.72. The van der Waals surface area contributed by atoms with Gasteiger partial charge in [0.1, 0.15) is 0 Å². The second-order valence-corrected chi connectivity index (χ2v) is 20.2. The minimum Gasteiger partial charge on any atom is -0.318 e. The van der Waals surface area contributed by atoms with E-state index in [1.54, 1.807) is 0 Å². The molecule has 0 aliphatic carbocycles. The van der Waals surface area contributed by atoms with Gasteiger partial charge in [-0.05, 0) is 141 Å². The van der Waals surface area contributed by atoms with E-state index in [4.69, 9.17) is 0 Å². The van der Waals surface area contributed by atoms with Gasteiger partial charge in [0, 0.05) is 72.5 Å². The van der Waals surface area contributed by atoms with E-state index >= 15 is 0 Å². The highest BCUT2D eigenvalue weighted by Gasteiger charge is 2.52. The molecule has 3 fully saturated rings. The van der Waals surface area contributed by atoms with Crippen LogP contribution in [-0.2, 0) is 0 Å². The van der Waals surface area contributed by atoms with Crippen molar-refractivity contribution >= 4 is 37.3 Å². The molecule has 4 rings (SSSR count). The molecule has 3 aliphatic rings. The van der Waals surface area contributed by atoms with Crippen LogP contribution in [0.4, 0.5) is 0 Å². The molecule has 0 radical (unpaired) electrons. The van der Waals surface area contributed by atoms with Crippen molar-refractivity contribution in [1.29, 1.82) is 0 Å². The van der Waals surface area contributed by atoms with Crippen LogP contribution in [0.5, 0.6) is 0 Å². The molecule has 3 saturated heterocycles. The van der Waals surface area contributed by atoms with Crippen LogP contribution in [-0.4, -0.2) is 122 Å². The Labute approximate surface area is 281 Å². The topological polar surface area (TPSA) is 19.4 Å². The predicted octanol–water partition coefficient (Wildman–Crippen LogP) is 4.42. The molecule has 9 heteroatoms. The van der Waals surface area contributed by atoms with E-state index in [0.29, 0.717) is 0 Å². The first-order valence-corrected chi connectivity index (χ1v) is 17.9. The number of hydrogen-bond donors (Lipinski definition) is 0.